The largest absolute Gasteiger partial charge is 0.444 e. The third-order valence-electron chi connectivity index (χ3n) is 4.45. The minimum absolute atomic E-state index is 0.165. The molecule has 0 fully saturated rings. The van der Waals surface area contributed by atoms with Crippen LogP contribution in [0, 0.1) is 0 Å². The molecule has 7 nitrogen and oxygen atoms in total. The summed E-state index contributed by atoms with van der Waals surface area (Å²) >= 11 is 0. The van der Waals surface area contributed by atoms with Gasteiger partial charge in [-0.15, -0.1) is 0 Å². The van der Waals surface area contributed by atoms with Crippen molar-refractivity contribution in [1.29, 1.82) is 0 Å². The summed E-state index contributed by atoms with van der Waals surface area (Å²) < 4.78 is 5.40. The predicted octanol–water partition coefficient (Wildman–Crippen LogP) is 3.27. The van der Waals surface area contributed by atoms with Crippen LogP contribution in [0.15, 0.2) is 84.9 Å². The Morgan fingerprint density at radius 3 is 1.81 bits per heavy atom. The molecule has 0 bridgehead atoms. The van der Waals surface area contributed by atoms with Crippen molar-refractivity contribution in [2.45, 2.75) is 6.10 Å². The number of urea groups is 1. The van der Waals surface area contributed by atoms with E-state index in [2.05, 4.69) is 10.6 Å². The molecule has 7 heteroatoms. The van der Waals surface area contributed by atoms with E-state index in [-0.39, 0.29) is 11.3 Å². The zero-order valence-electron chi connectivity index (χ0n) is 16.7. The molecule has 0 aliphatic heterocycles. The van der Waals surface area contributed by atoms with E-state index in [0.717, 1.165) is 0 Å². The van der Waals surface area contributed by atoms with Crippen LogP contribution in [-0.4, -0.2) is 30.7 Å². The number of nitrogens with one attached hydrogen (secondary N) is 2. The molecule has 0 aliphatic carbocycles. The molecule has 2 N–H and O–H groups in total. The van der Waals surface area contributed by atoms with E-state index in [0.29, 0.717) is 16.7 Å². The zero-order valence-corrected chi connectivity index (χ0v) is 16.7. The fourth-order valence-corrected chi connectivity index (χ4v) is 2.83. The number of hydrogen-bond donors (Lipinski definition) is 2. The molecule has 156 valence electrons. The first-order chi connectivity index (χ1) is 15.0. The van der Waals surface area contributed by atoms with E-state index in [1.165, 1.54) is 31.3 Å². The summed E-state index contributed by atoms with van der Waals surface area (Å²) in [6.45, 7) is 0. The maximum absolute atomic E-state index is 12.7. The van der Waals surface area contributed by atoms with Crippen LogP contribution in [0.3, 0.4) is 0 Å². The van der Waals surface area contributed by atoms with E-state index in [9.17, 15) is 19.2 Å². The van der Waals surface area contributed by atoms with Gasteiger partial charge in [0.25, 0.3) is 5.91 Å². The van der Waals surface area contributed by atoms with Crippen LogP contribution in [0.25, 0.3) is 0 Å². The van der Waals surface area contributed by atoms with E-state index in [1.54, 1.807) is 54.6 Å². The lowest BCUT2D eigenvalue weighted by atomic mass is 10.0. The van der Waals surface area contributed by atoms with Crippen LogP contribution in [-0.2, 0) is 9.53 Å². The number of carbonyl (C=O) groups is 4. The van der Waals surface area contributed by atoms with Crippen LogP contribution in [0.2, 0.25) is 0 Å². The lowest BCUT2D eigenvalue weighted by molar-refractivity contribution is -0.129. The number of ether oxygens (including phenoxy) is 1. The first kappa shape index (κ1) is 21.4. The lowest BCUT2D eigenvalue weighted by Gasteiger charge is -2.17. The van der Waals surface area contributed by atoms with E-state index in [4.69, 9.17) is 4.74 Å². The quantitative estimate of drug-likeness (QED) is 0.474. The van der Waals surface area contributed by atoms with Gasteiger partial charge in [-0.25, -0.2) is 9.59 Å². The molecule has 0 aromatic heterocycles. The second-order valence-corrected chi connectivity index (χ2v) is 6.54. The minimum atomic E-state index is -1.32. The number of esters is 1. The number of imide groups is 1. The molecule has 0 heterocycles. The van der Waals surface area contributed by atoms with Gasteiger partial charge in [-0.3, -0.25) is 14.9 Å². The van der Waals surface area contributed by atoms with Gasteiger partial charge in [-0.05, 0) is 12.1 Å². The highest BCUT2D eigenvalue weighted by Gasteiger charge is 2.27. The summed E-state index contributed by atoms with van der Waals surface area (Å²) in [6, 6.07) is 22.4. The fraction of sp³-hybridized carbons (Fsp3) is 0.0833. The molecule has 31 heavy (non-hydrogen) atoms. The molecule has 3 aromatic rings. The van der Waals surface area contributed by atoms with Gasteiger partial charge in [0.15, 0.2) is 5.78 Å². The molecule has 1 unspecified atom stereocenters. The summed E-state index contributed by atoms with van der Waals surface area (Å²) in [4.78, 5) is 49.2. The summed E-state index contributed by atoms with van der Waals surface area (Å²) in [6.07, 6.45) is -1.32. The number of hydrogen-bond acceptors (Lipinski definition) is 5. The Balaban J connectivity index is 1.77. The standard InChI is InChI=1S/C24H20N2O5/c1-25-24(30)26-22(28)21(18-10-6-3-7-11-18)31-23(29)19-14-12-17(13-15-19)20(27)16-8-4-2-5-9-16/h2-15,21H,1H3,(H2,25,26,28,30). The Labute approximate surface area is 179 Å². The molecule has 0 radical (unpaired) electrons. The molecule has 3 amide bonds. The number of rotatable bonds is 6. The first-order valence-electron chi connectivity index (χ1n) is 9.48. The van der Waals surface area contributed by atoms with Crippen molar-refractivity contribution in [2.75, 3.05) is 7.05 Å². The average Bonchev–Trinajstić information content (AvgIpc) is 2.82. The van der Waals surface area contributed by atoms with Gasteiger partial charge < -0.3 is 10.1 Å². The van der Waals surface area contributed by atoms with Gasteiger partial charge in [0.2, 0.25) is 6.10 Å². The number of carbonyl (C=O) groups excluding carboxylic acids is 4. The number of amides is 3. The Morgan fingerprint density at radius 1 is 0.710 bits per heavy atom. The monoisotopic (exact) mass is 416 g/mol. The molecule has 0 aliphatic rings. The molecule has 0 saturated heterocycles. The highest BCUT2D eigenvalue weighted by molar-refractivity contribution is 6.09. The summed E-state index contributed by atoms with van der Waals surface area (Å²) in [5.41, 5.74) is 1.53. The average molecular weight is 416 g/mol. The van der Waals surface area contributed by atoms with Crippen molar-refractivity contribution >= 4 is 23.7 Å². The van der Waals surface area contributed by atoms with Crippen molar-refractivity contribution in [3.05, 3.63) is 107 Å². The lowest BCUT2D eigenvalue weighted by Crippen LogP contribution is -2.41. The van der Waals surface area contributed by atoms with E-state index in [1.807, 2.05) is 6.07 Å². The van der Waals surface area contributed by atoms with Gasteiger partial charge in [0.1, 0.15) is 0 Å². The first-order valence-corrected chi connectivity index (χ1v) is 9.48. The summed E-state index contributed by atoms with van der Waals surface area (Å²) in [5.74, 6) is -1.72. The molecule has 3 rings (SSSR count). The van der Waals surface area contributed by atoms with E-state index >= 15 is 0 Å². The zero-order chi connectivity index (χ0) is 22.2. The van der Waals surface area contributed by atoms with Crippen LogP contribution in [0.4, 0.5) is 4.79 Å². The maximum atomic E-state index is 12.7. The molecule has 0 saturated carbocycles. The Morgan fingerprint density at radius 2 is 1.23 bits per heavy atom. The molecule has 3 aromatic carbocycles. The molecular weight excluding hydrogens is 396 g/mol. The van der Waals surface area contributed by atoms with Gasteiger partial charge in [-0.2, -0.15) is 0 Å². The van der Waals surface area contributed by atoms with Crippen LogP contribution < -0.4 is 10.6 Å². The van der Waals surface area contributed by atoms with Crippen molar-refractivity contribution in [3.63, 3.8) is 0 Å². The maximum Gasteiger partial charge on any atom is 0.339 e. The highest BCUT2D eigenvalue weighted by Crippen LogP contribution is 2.20. The van der Waals surface area contributed by atoms with Gasteiger partial charge >= 0.3 is 12.0 Å². The number of benzene rings is 3. The Hall–Kier alpha value is -4.26. The molecule has 1 atom stereocenters. The predicted molar refractivity (Wildman–Crippen MR) is 114 cm³/mol. The normalized spacial score (nSPS) is 11.1. The van der Waals surface area contributed by atoms with Crippen LogP contribution >= 0.6 is 0 Å². The minimum Gasteiger partial charge on any atom is -0.444 e. The second kappa shape index (κ2) is 9.98. The number of ketones is 1. The third kappa shape index (κ3) is 5.42. The van der Waals surface area contributed by atoms with Crippen LogP contribution in [0.5, 0.6) is 0 Å². The van der Waals surface area contributed by atoms with Crippen molar-refractivity contribution < 1.29 is 23.9 Å². The van der Waals surface area contributed by atoms with Crippen molar-refractivity contribution in [3.8, 4) is 0 Å². The summed E-state index contributed by atoms with van der Waals surface area (Å²) in [5, 5.41) is 4.39. The van der Waals surface area contributed by atoms with Gasteiger partial charge in [0.05, 0.1) is 5.56 Å². The van der Waals surface area contributed by atoms with E-state index < -0.39 is 24.0 Å². The third-order valence-corrected chi connectivity index (χ3v) is 4.45. The Kier molecular flexibility index (Phi) is 6.90. The highest BCUT2D eigenvalue weighted by atomic mass is 16.5. The Bertz CT molecular complexity index is 1080. The topological polar surface area (TPSA) is 102 Å². The van der Waals surface area contributed by atoms with Gasteiger partial charge in [0, 0.05) is 23.7 Å². The van der Waals surface area contributed by atoms with Crippen molar-refractivity contribution in [2.24, 2.45) is 0 Å². The van der Waals surface area contributed by atoms with Crippen LogP contribution in [0.1, 0.15) is 37.9 Å². The van der Waals surface area contributed by atoms with Crippen molar-refractivity contribution in [1.82, 2.24) is 10.6 Å². The molecule has 0 spiro atoms. The fourth-order valence-electron chi connectivity index (χ4n) is 2.83. The smallest absolute Gasteiger partial charge is 0.339 e. The van der Waals surface area contributed by atoms with Gasteiger partial charge in [-0.1, -0.05) is 72.8 Å². The SMILES string of the molecule is CNC(=O)NC(=O)C(OC(=O)c1ccc(C(=O)c2ccccc2)cc1)c1ccccc1. The molecular formula is C24H20N2O5. The second-order valence-electron chi connectivity index (χ2n) is 6.54. The summed E-state index contributed by atoms with van der Waals surface area (Å²) in [7, 11) is 1.37.